The van der Waals surface area contributed by atoms with Gasteiger partial charge in [-0.2, -0.15) is 0 Å². The molecule has 2 aliphatic rings. The Morgan fingerprint density at radius 1 is 1.28 bits per heavy atom. The van der Waals surface area contributed by atoms with Crippen LogP contribution in [-0.4, -0.2) is 49.3 Å². The van der Waals surface area contributed by atoms with Gasteiger partial charge in [-0.05, 0) is 32.2 Å². The lowest BCUT2D eigenvalue weighted by Gasteiger charge is -2.32. The van der Waals surface area contributed by atoms with Crippen molar-refractivity contribution in [2.75, 3.05) is 23.0 Å². The number of likely N-dealkylation sites (tertiary alicyclic amines) is 1. The fraction of sp³-hybridized carbons (Fsp3) is 0.611. The number of Topliss-reactive ketones (excluding diaryl/α,β-unsaturated/α-hetero) is 1. The first-order chi connectivity index (χ1) is 12.3. The Morgan fingerprint density at radius 2 is 2.12 bits per heavy atom. The second kappa shape index (κ2) is 7.57. The second-order valence-electron chi connectivity index (χ2n) is 7.17. The maximum Gasteiger partial charge on any atom is 0.168 e. The van der Waals surface area contributed by atoms with Gasteiger partial charge in [-0.1, -0.05) is 35.4 Å². The molecule has 1 atom stereocenters. The third-order valence-corrected chi connectivity index (χ3v) is 6.44. The number of carbonyl (C=O) groups excluding carboxylic acids is 1. The molecule has 7 heteroatoms. The molecule has 1 saturated carbocycles. The molecule has 0 amide bonds. The van der Waals surface area contributed by atoms with Crippen LogP contribution in [0.2, 0.25) is 0 Å². The number of fused-ring (bicyclic) bond motifs is 1. The molecule has 2 aromatic rings. The number of ketones is 1. The summed E-state index contributed by atoms with van der Waals surface area (Å²) in [6.07, 6.45) is 10.1. The topological polar surface area (TPSA) is 73.9 Å². The summed E-state index contributed by atoms with van der Waals surface area (Å²) in [5, 5.41) is 4.46. The zero-order chi connectivity index (χ0) is 17.2. The van der Waals surface area contributed by atoms with Crippen molar-refractivity contribution in [3.63, 3.8) is 0 Å². The van der Waals surface area contributed by atoms with Crippen LogP contribution >= 0.6 is 22.6 Å². The molecule has 4 rings (SSSR count). The molecule has 0 spiro atoms. The van der Waals surface area contributed by atoms with E-state index < -0.39 is 0 Å². The molecule has 3 heterocycles. The minimum Gasteiger partial charge on any atom is -0.365 e. The van der Waals surface area contributed by atoms with E-state index in [0.29, 0.717) is 6.04 Å². The van der Waals surface area contributed by atoms with E-state index in [1.165, 1.54) is 6.42 Å². The Hall–Kier alpha value is -1.22. The van der Waals surface area contributed by atoms with Gasteiger partial charge in [0.25, 0.3) is 0 Å². The van der Waals surface area contributed by atoms with E-state index in [0.717, 1.165) is 72.2 Å². The number of hydrogen-bond acceptors (Lipinski definition) is 5. The average Bonchev–Trinajstić information content (AvgIpc) is 3.32. The Balaban J connectivity index is 1.62. The molecule has 0 unspecified atom stereocenters. The molecule has 2 N–H and O–H groups in total. The van der Waals surface area contributed by atoms with Gasteiger partial charge in [-0.25, -0.2) is 9.97 Å². The summed E-state index contributed by atoms with van der Waals surface area (Å²) in [5.74, 6) is 1.21. The first-order valence-electron chi connectivity index (χ1n) is 9.17. The summed E-state index contributed by atoms with van der Waals surface area (Å²) in [5.41, 5.74) is 1.51. The molecule has 0 radical (unpaired) electrons. The third kappa shape index (κ3) is 3.53. The van der Waals surface area contributed by atoms with Gasteiger partial charge in [0.15, 0.2) is 5.78 Å². The van der Waals surface area contributed by atoms with E-state index in [1.54, 1.807) is 6.33 Å². The number of nitrogens with one attached hydrogen (secondary N) is 2. The Kier molecular flexibility index (Phi) is 5.21. The van der Waals surface area contributed by atoms with Crippen molar-refractivity contribution < 1.29 is 4.79 Å². The van der Waals surface area contributed by atoms with Crippen LogP contribution in [0.15, 0.2) is 12.5 Å². The predicted octanol–water partition coefficient (Wildman–Crippen LogP) is 3.60. The van der Waals surface area contributed by atoms with E-state index >= 15 is 0 Å². The summed E-state index contributed by atoms with van der Waals surface area (Å²) < 4.78 is 1.05. The van der Waals surface area contributed by atoms with Crippen LogP contribution in [0.5, 0.6) is 0 Å². The quantitative estimate of drug-likeness (QED) is 0.313. The van der Waals surface area contributed by atoms with E-state index in [1.807, 2.05) is 6.20 Å². The van der Waals surface area contributed by atoms with E-state index in [-0.39, 0.29) is 11.7 Å². The van der Waals surface area contributed by atoms with Crippen LogP contribution in [0.1, 0.15) is 48.9 Å². The zero-order valence-electron chi connectivity index (χ0n) is 14.3. The highest BCUT2D eigenvalue weighted by molar-refractivity contribution is 14.1. The fourth-order valence-corrected chi connectivity index (χ4v) is 4.77. The van der Waals surface area contributed by atoms with E-state index in [2.05, 4.69) is 47.8 Å². The molecule has 1 aliphatic carbocycles. The number of rotatable bonds is 5. The van der Waals surface area contributed by atoms with Crippen molar-refractivity contribution in [1.29, 1.82) is 0 Å². The summed E-state index contributed by atoms with van der Waals surface area (Å²) >= 11 is 2.42. The number of carbonyl (C=O) groups is 1. The minimum atomic E-state index is 0.163. The van der Waals surface area contributed by atoms with Crippen LogP contribution < -0.4 is 5.32 Å². The molecule has 1 saturated heterocycles. The van der Waals surface area contributed by atoms with Crippen LogP contribution in [0.25, 0.3) is 11.0 Å². The van der Waals surface area contributed by atoms with Gasteiger partial charge in [0.1, 0.15) is 17.8 Å². The number of piperidine rings is 1. The number of anilines is 1. The Bertz CT molecular complexity index is 755. The largest absolute Gasteiger partial charge is 0.365 e. The first-order valence-corrected chi connectivity index (χ1v) is 10.7. The lowest BCUT2D eigenvalue weighted by Crippen LogP contribution is -2.41. The summed E-state index contributed by atoms with van der Waals surface area (Å²) in [4.78, 5) is 27.4. The number of alkyl halides is 1. The monoisotopic (exact) mass is 453 g/mol. The van der Waals surface area contributed by atoms with Crippen LogP contribution in [0.4, 0.5) is 5.82 Å². The molecular formula is C18H24IN5O. The number of aromatic amines is 1. The molecule has 134 valence electrons. The normalized spacial score (nSPS) is 22.5. The van der Waals surface area contributed by atoms with Gasteiger partial charge in [0, 0.05) is 30.3 Å². The lowest BCUT2D eigenvalue weighted by atomic mass is 9.96. The number of hydrogen-bond donors (Lipinski definition) is 2. The van der Waals surface area contributed by atoms with Crippen molar-refractivity contribution in [1.82, 2.24) is 19.9 Å². The van der Waals surface area contributed by atoms with Gasteiger partial charge >= 0.3 is 0 Å². The predicted molar refractivity (Wildman–Crippen MR) is 107 cm³/mol. The van der Waals surface area contributed by atoms with Crippen LogP contribution in [-0.2, 0) is 0 Å². The zero-order valence-corrected chi connectivity index (χ0v) is 16.5. The van der Waals surface area contributed by atoms with Crippen LogP contribution in [0, 0.1) is 5.92 Å². The second-order valence-corrected chi connectivity index (χ2v) is 7.86. The molecular weight excluding hydrogens is 429 g/mol. The SMILES string of the molecule is O=C(c1c[nH]c2ncnc(N[C@@H]3CCCN(CI)C3)c12)C1CCCC1. The number of nitrogens with zero attached hydrogens (tertiary/aromatic N) is 3. The summed E-state index contributed by atoms with van der Waals surface area (Å²) in [6, 6.07) is 0.367. The summed E-state index contributed by atoms with van der Waals surface area (Å²) in [6.45, 7) is 2.18. The van der Waals surface area contributed by atoms with Crippen molar-refractivity contribution in [3.05, 3.63) is 18.1 Å². The lowest BCUT2D eigenvalue weighted by molar-refractivity contribution is 0.0924. The molecule has 2 fully saturated rings. The van der Waals surface area contributed by atoms with Crippen molar-refractivity contribution in [3.8, 4) is 0 Å². The van der Waals surface area contributed by atoms with E-state index in [4.69, 9.17) is 0 Å². The fourth-order valence-electron chi connectivity index (χ4n) is 4.15. The minimum absolute atomic E-state index is 0.163. The van der Waals surface area contributed by atoms with Crippen molar-refractivity contribution in [2.45, 2.75) is 44.6 Å². The van der Waals surface area contributed by atoms with Crippen molar-refractivity contribution in [2.24, 2.45) is 5.92 Å². The standard InChI is InChI=1S/C18H24IN5O/c19-10-24-7-3-6-13(9-24)23-18-15-14(8-20-17(15)21-11-22-18)16(25)12-4-1-2-5-12/h8,11-13H,1-7,9-10H2,(H2,20,21,22,23)/t13-/m1/s1. The Morgan fingerprint density at radius 3 is 2.92 bits per heavy atom. The van der Waals surface area contributed by atoms with Gasteiger partial charge < -0.3 is 10.3 Å². The van der Waals surface area contributed by atoms with Crippen molar-refractivity contribution >= 4 is 45.2 Å². The van der Waals surface area contributed by atoms with Crippen LogP contribution in [0.3, 0.4) is 0 Å². The highest BCUT2D eigenvalue weighted by Crippen LogP contribution is 2.32. The first kappa shape index (κ1) is 17.2. The molecule has 1 aliphatic heterocycles. The molecule has 6 nitrogen and oxygen atoms in total. The van der Waals surface area contributed by atoms with Gasteiger partial charge in [-0.15, -0.1) is 0 Å². The maximum absolute atomic E-state index is 13.0. The molecule has 0 bridgehead atoms. The number of aromatic nitrogens is 3. The number of H-pyrrole nitrogens is 1. The molecule has 0 aromatic carbocycles. The van der Waals surface area contributed by atoms with Gasteiger partial charge in [0.2, 0.25) is 0 Å². The third-order valence-electron chi connectivity index (χ3n) is 5.48. The van der Waals surface area contributed by atoms with E-state index in [9.17, 15) is 4.79 Å². The summed E-state index contributed by atoms with van der Waals surface area (Å²) in [7, 11) is 0. The molecule has 2 aromatic heterocycles. The van der Waals surface area contributed by atoms with Gasteiger partial charge in [0.05, 0.1) is 9.94 Å². The maximum atomic E-state index is 13.0. The molecule has 25 heavy (non-hydrogen) atoms. The average molecular weight is 453 g/mol. The smallest absolute Gasteiger partial charge is 0.168 e. The highest BCUT2D eigenvalue weighted by atomic mass is 127. The number of halogens is 1. The van der Waals surface area contributed by atoms with Gasteiger partial charge in [-0.3, -0.25) is 9.69 Å². The highest BCUT2D eigenvalue weighted by Gasteiger charge is 2.28. The Labute approximate surface area is 161 Å².